The maximum absolute atomic E-state index is 12.1. The molecule has 2 aliphatic rings. The number of carbonyl (C=O) groups is 1. The number of nitrogens with one attached hydrogen (secondary N) is 2. The van der Waals surface area contributed by atoms with Crippen LogP contribution in [0.4, 0.5) is 5.69 Å². The molecule has 2 aliphatic heterocycles. The molecule has 1 fully saturated rings. The number of Topliss-reactive ketones (excluding diaryl/α,β-unsaturated/α-hetero) is 1. The number of ketones is 1. The Hall–Kier alpha value is -1.59. The second kappa shape index (κ2) is 6.24. The minimum atomic E-state index is 0.0955. The third-order valence-corrected chi connectivity index (χ3v) is 3.66. The number of hydrogen-bond donors (Lipinski definition) is 2. The average Bonchev–Trinajstić information content (AvgIpc) is 3.00. The fraction of sp³-hybridized carbons (Fsp3) is 0.533. The SMILES string of the molecule is O=C(CNCC1CCCO1)c1ccc2c(c1)NCCO2. The Morgan fingerprint density at radius 3 is 3.20 bits per heavy atom. The highest BCUT2D eigenvalue weighted by atomic mass is 16.5. The van der Waals surface area contributed by atoms with Crippen molar-refractivity contribution < 1.29 is 14.3 Å². The second-order valence-electron chi connectivity index (χ2n) is 5.18. The van der Waals surface area contributed by atoms with Crippen molar-refractivity contribution in [3.63, 3.8) is 0 Å². The molecule has 0 aliphatic carbocycles. The fourth-order valence-electron chi connectivity index (χ4n) is 2.57. The van der Waals surface area contributed by atoms with E-state index in [9.17, 15) is 4.79 Å². The first-order chi connectivity index (χ1) is 9.83. The fourth-order valence-corrected chi connectivity index (χ4v) is 2.57. The van der Waals surface area contributed by atoms with Crippen molar-refractivity contribution in [2.75, 3.05) is 38.2 Å². The molecule has 108 valence electrons. The van der Waals surface area contributed by atoms with Gasteiger partial charge in [-0.2, -0.15) is 0 Å². The third kappa shape index (κ3) is 3.11. The molecular weight excluding hydrogens is 256 g/mol. The van der Waals surface area contributed by atoms with Crippen LogP contribution in [0.15, 0.2) is 18.2 Å². The summed E-state index contributed by atoms with van der Waals surface area (Å²) < 4.78 is 11.0. The Kier molecular flexibility index (Phi) is 4.18. The normalized spacial score (nSPS) is 20.9. The van der Waals surface area contributed by atoms with E-state index in [0.29, 0.717) is 18.7 Å². The summed E-state index contributed by atoms with van der Waals surface area (Å²) in [6, 6.07) is 5.54. The minimum Gasteiger partial charge on any atom is -0.490 e. The molecule has 3 rings (SSSR count). The van der Waals surface area contributed by atoms with Gasteiger partial charge in [0.2, 0.25) is 0 Å². The van der Waals surface area contributed by atoms with Gasteiger partial charge in [-0.1, -0.05) is 0 Å². The predicted molar refractivity (Wildman–Crippen MR) is 76.6 cm³/mol. The van der Waals surface area contributed by atoms with E-state index < -0.39 is 0 Å². The van der Waals surface area contributed by atoms with Crippen LogP contribution in [0.1, 0.15) is 23.2 Å². The van der Waals surface area contributed by atoms with Crippen LogP contribution in [0.2, 0.25) is 0 Å². The van der Waals surface area contributed by atoms with Gasteiger partial charge in [0.15, 0.2) is 5.78 Å². The Bertz CT molecular complexity index is 484. The van der Waals surface area contributed by atoms with E-state index in [0.717, 1.165) is 44.0 Å². The number of fused-ring (bicyclic) bond motifs is 1. The zero-order valence-electron chi connectivity index (χ0n) is 11.5. The molecule has 0 aromatic heterocycles. The molecule has 1 atom stereocenters. The lowest BCUT2D eigenvalue weighted by Crippen LogP contribution is -2.31. The van der Waals surface area contributed by atoms with Gasteiger partial charge >= 0.3 is 0 Å². The van der Waals surface area contributed by atoms with E-state index in [1.165, 1.54) is 0 Å². The number of rotatable bonds is 5. The maximum atomic E-state index is 12.1. The highest BCUT2D eigenvalue weighted by molar-refractivity contribution is 5.98. The smallest absolute Gasteiger partial charge is 0.176 e. The van der Waals surface area contributed by atoms with Crippen molar-refractivity contribution in [3.05, 3.63) is 23.8 Å². The zero-order valence-corrected chi connectivity index (χ0v) is 11.5. The lowest BCUT2D eigenvalue weighted by molar-refractivity contribution is 0.0955. The summed E-state index contributed by atoms with van der Waals surface area (Å²) in [4.78, 5) is 12.1. The van der Waals surface area contributed by atoms with E-state index >= 15 is 0 Å². The number of benzene rings is 1. The number of hydrogen-bond acceptors (Lipinski definition) is 5. The summed E-state index contributed by atoms with van der Waals surface area (Å²) in [5.74, 6) is 0.915. The molecular formula is C15H20N2O3. The molecule has 0 spiro atoms. The standard InChI is InChI=1S/C15H20N2O3/c18-14(10-16-9-12-2-1-6-19-12)11-3-4-15-13(8-11)17-5-7-20-15/h3-4,8,12,16-17H,1-2,5-7,9-10H2. The zero-order chi connectivity index (χ0) is 13.8. The van der Waals surface area contributed by atoms with Crippen molar-refractivity contribution in [1.82, 2.24) is 5.32 Å². The van der Waals surface area contributed by atoms with Crippen LogP contribution < -0.4 is 15.4 Å². The van der Waals surface area contributed by atoms with Crippen LogP contribution in [0, 0.1) is 0 Å². The summed E-state index contributed by atoms with van der Waals surface area (Å²) in [5, 5.41) is 6.42. The molecule has 1 saturated heterocycles. The van der Waals surface area contributed by atoms with Crippen molar-refractivity contribution in [3.8, 4) is 5.75 Å². The van der Waals surface area contributed by atoms with E-state index in [2.05, 4.69) is 10.6 Å². The first-order valence-corrected chi connectivity index (χ1v) is 7.19. The van der Waals surface area contributed by atoms with Gasteiger partial charge < -0.3 is 20.1 Å². The van der Waals surface area contributed by atoms with Crippen LogP contribution in [0.3, 0.4) is 0 Å². The number of anilines is 1. The van der Waals surface area contributed by atoms with Crippen LogP contribution in [0.5, 0.6) is 5.75 Å². The highest BCUT2D eigenvalue weighted by Gasteiger charge is 2.16. The van der Waals surface area contributed by atoms with Gasteiger partial charge in [-0.15, -0.1) is 0 Å². The lowest BCUT2D eigenvalue weighted by atomic mass is 10.1. The van der Waals surface area contributed by atoms with Gasteiger partial charge in [-0.05, 0) is 31.0 Å². The van der Waals surface area contributed by atoms with Gasteiger partial charge in [0, 0.05) is 25.3 Å². The molecule has 2 N–H and O–H groups in total. The van der Waals surface area contributed by atoms with Gasteiger partial charge in [-0.3, -0.25) is 4.79 Å². The van der Waals surface area contributed by atoms with Gasteiger partial charge in [-0.25, -0.2) is 0 Å². The molecule has 5 heteroatoms. The molecule has 1 aromatic rings. The molecule has 0 amide bonds. The molecule has 20 heavy (non-hydrogen) atoms. The lowest BCUT2D eigenvalue weighted by Gasteiger charge is -2.19. The molecule has 1 unspecified atom stereocenters. The molecule has 0 radical (unpaired) electrons. The predicted octanol–water partition coefficient (Wildman–Crippen LogP) is 1.44. The first kappa shape index (κ1) is 13.4. The number of ether oxygens (including phenoxy) is 2. The topological polar surface area (TPSA) is 59.6 Å². The third-order valence-electron chi connectivity index (χ3n) is 3.66. The Morgan fingerprint density at radius 1 is 1.40 bits per heavy atom. The van der Waals surface area contributed by atoms with E-state index in [-0.39, 0.29) is 11.9 Å². The second-order valence-corrected chi connectivity index (χ2v) is 5.18. The van der Waals surface area contributed by atoms with Crippen LogP contribution >= 0.6 is 0 Å². The summed E-state index contributed by atoms with van der Waals surface area (Å²) in [7, 11) is 0. The van der Waals surface area contributed by atoms with Crippen molar-refractivity contribution in [2.24, 2.45) is 0 Å². The van der Waals surface area contributed by atoms with E-state index in [4.69, 9.17) is 9.47 Å². The summed E-state index contributed by atoms with van der Waals surface area (Å²) in [6.45, 7) is 3.39. The largest absolute Gasteiger partial charge is 0.490 e. The van der Waals surface area contributed by atoms with Crippen molar-refractivity contribution in [1.29, 1.82) is 0 Å². The van der Waals surface area contributed by atoms with Gasteiger partial charge in [0.05, 0.1) is 18.3 Å². The van der Waals surface area contributed by atoms with Crippen molar-refractivity contribution >= 4 is 11.5 Å². The summed E-state index contributed by atoms with van der Waals surface area (Å²) >= 11 is 0. The summed E-state index contributed by atoms with van der Waals surface area (Å²) in [5.41, 5.74) is 1.61. The quantitative estimate of drug-likeness (QED) is 0.797. The molecule has 0 saturated carbocycles. The van der Waals surface area contributed by atoms with Gasteiger partial charge in [0.25, 0.3) is 0 Å². The maximum Gasteiger partial charge on any atom is 0.176 e. The first-order valence-electron chi connectivity index (χ1n) is 7.19. The number of carbonyl (C=O) groups excluding carboxylic acids is 1. The molecule has 2 heterocycles. The highest BCUT2D eigenvalue weighted by Crippen LogP contribution is 2.28. The van der Waals surface area contributed by atoms with Crippen LogP contribution in [-0.2, 0) is 4.74 Å². The average molecular weight is 276 g/mol. The Morgan fingerprint density at radius 2 is 2.35 bits per heavy atom. The molecule has 5 nitrogen and oxygen atoms in total. The monoisotopic (exact) mass is 276 g/mol. The molecule has 0 bridgehead atoms. The van der Waals surface area contributed by atoms with E-state index in [1.54, 1.807) is 0 Å². The van der Waals surface area contributed by atoms with Crippen LogP contribution in [-0.4, -0.2) is 44.7 Å². The van der Waals surface area contributed by atoms with E-state index in [1.807, 2.05) is 18.2 Å². The molecule has 1 aromatic carbocycles. The minimum absolute atomic E-state index is 0.0955. The van der Waals surface area contributed by atoms with Crippen molar-refractivity contribution in [2.45, 2.75) is 18.9 Å². The Balaban J connectivity index is 1.53. The summed E-state index contributed by atoms with van der Waals surface area (Å²) in [6.07, 6.45) is 2.47. The van der Waals surface area contributed by atoms with Crippen LogP contribution in [0.25, 0.3) is 0 Å². The Labute approximate surface area is 118 Å². The van der Waals surface area contributed by atoms with Gasteiger partial charge in [0.1, 0.15) is 12.4 Å².